The standard InChI is InChI=1S/C26H26N6O2/c27-23-22-21(17-6-8-20(9-7-17)34-19-4-2-1-3-5-19)14-32(24(22)30-16-29-23)18-10-12-26(13-11-18)15-28-25(33)31-26/h1-9,14,16,18H,10-13,15H2,(H2,27,29,30)(H2,28,31,33)/t18-,26+. The molecule has 172 valence electrons. The number of nitrogen functional groups attached to an aromatic ring is 1. The Labute approximate surface area is 197 Å². The molecule has 0 bridgehead atoms. The Morgan fingerprint density at radius 2 is 1.74 bits per heavy atom. The smallest absolute Gasteiger partial charge is 0.315 e. The normalized spacial score (nSPS) is 22.0. The van der Waals surface area contributed by atoms with Crippen molar-refractivity contribution in [3.8, 4) is 22.6 Å². The second-order valence-corrected chi connectivity index (χ2v) is 9.17. The van der Waals surface area contributed by atoms with Crippen LogP contribution in [0.3, 0.4) is 0 Å². The van der Waals surface area contributed by atoms with Crippen LogP contribution < -0.4 is 21.1 Å². The lowest BCUT2D eigenvalue weighted by atomic mass is 9.80. The predicted molar refractivity (Wildman–Crippen MR) is 131 cm³/mol. The average Bonchev–Trinajstić information content (AvgIpc) is 3.43. The number of ether oxygens (including phenoxy) is 1. The molecule has 2 fully saturated rings. The van der Waals surface area contributed by atoms with E-state index in [4.69, 9.17) is 10.5 Å². The van der Waals surface area contributed by atoms with Crippen molar-refractivity contribution in [1.29, 1.82) is 0 Å². The average molecular weight is 455 g/mol. The first-order valence-corrected chi connectivity index (χ1v) is 11.6. The molecule has 34 heavy (non-hydrogen) atoms. The Morgan fingerprint density at radius 1 is 1.00 bits per heavy atom. The highest BCUT2D eigenvalue weighted by atomic mass is 16.5. The zero-order valence-corrected chi connectivity index (χ0v) is 18.7. The Hall–Kier alpha value is -4.07. The number of urea groups is 1. The van der Waals surface area contributed by atoms with E-state index in [1.54, 1.807) is 0 Å². The summed E-state index contributed by atoms with van der Waals surface area (Å²) >= 11 is 0. The number of benzene rings is 2. The topological polar surface area (TPSA) is 107 Å². The van der Waals surface area contributed by atoms with Crippen molar-refractivity contribution in [2.75, 3.05) is 12.3 Å². The van der Waals surface area contributed by atoms with Crippen molar-refractivity contribution in [3.05, 3.63) is 67.1 Å². The van der Waals surface area contributed by atoms with Gasteiger partial charge in [-0.15, -0.1) is 0 Å². The van der Waals surface area contributed by atoms with Crippen LogP contribution in [-0.2, 0) is 0 Å². The van der Waals surface area contributed by atoms with Crippen molar-refractivity contribution in [2.24, 2.45) is 0 Å². The quantitative estimate of drug-likeness (QED) is 0.416. The Balaban J connectivity index is 1.30. The van der Waals surface area contributed by atoms with Crippen molar-refractivity contribution < 1.29 is 9.53 Å². The van der Waals surface area contributed by atoms with Crippen molar-refractivity contribution >= 4 is 22.9 Å². The number of hydrogen-bond donors (Lipinski definition) is 3. The molecule has 0 radical (unpaired) electrons. The van der Waals surface area contributed by atoms with Gasteiger partial charge in [0.2, 0.25) is 0 Å². The number of amides is 2. The first-order valence-electron chi connectivity index (χ1n) is 11.6. The van der Waals surface area contributed by atoms with Gasteiger partial charge in [-0.1, -0.05) is 30.3 Å². The fraction of sp³-hybridized carbons (Fsp3) is 0.269. The summed E-state index contributed by atoms with van der Waals surface area (Å²) in [7, 11) is 0. The van der Waals surface area contributed by atoms with Crippen molar-refractivity contribution in [2.45, 2.75) is 37.3 Å². The summed E-state index contributed by atoms with van der Waals surface area (Å²) in [5, 5.41) is 6.91. The molecule has 1 saturated carbocycles. The summed E-state index contributed by atoms with van der Waals surface area (Å²) in [5.74, 6) is 2.05. The number of nitrogens with two attached hydrogens (primary N) is 1. The van der Waals surface area contributed by atoms with Crippen LogP contribution in [0.4, 0.5) is 10.6 Å². The zero-order valence-electron chi connectivity index (χ0n) is 18.7. The highest BCUT2D eigenvalue weighted by molar-refractivity contribution is 6.00. The second kappa shape index (κ2) is 8.06. The summed E-state index contributed by atoms with van der Waals surface area (Å²) in [4.78, 5) is 20.6. The number of carbonyl (C=O) groups is 1. The molecule has 1 aliphatic heterocycles. The van der Waals surface area contributed by atoms with Gasteiger partial charge in [0.05, 0.1) is 10.9 Å². The van der Waals surface area contributed by atoms with Crippen molar-refractivity contribution in [3.63, 3.8) is 0 Å². The monoisotopic (exact) mass is 454 g/mol. The lowest BCUT2D eigenvalue weighted by Crippen LogP contribution is -2.46. The molecule has 8 nitrogen and oxygen atoms in total. The first kappa shape index (κ1) is 20.5. The van der Waals surface area contributed by atoms with Gasteiger partial charge in [-0.25, -0.2) is 14.8 Å². The summed E-state index contributed by atoms with van der Waals surface area (Å²) in [6.07, 6.45) is 7.45. The van der Waals surface area contributed by atoms with Crippen LogP contribution in [0.25, 0.3) is 22.2 Å². The molecule has 2 aromatic heterocycles. The number of carbonyl (C=O) groups excluding carboxylic acids is 1. The van der Waals surface area contributed by atoms with Crippen LogP contribution >= 0.6 is 0 Å². The third-order valence-electron chi connectivity index (χ3n) is 7.05. The molecule has 8 heteroatoms. The fourth-order valence-electron chi connectivity index (χ4n) is 5.25. The number of nitrogens with zero attached hydrogens (tertiary/aromatic N) is 3. The van der Waals surface area contributed by atoms with E-state index in [1.807, 2.05) is 54.6 Å². The van der Waals surface area contributed by atoms with E-state index in [0.29, 0.717) is 12.4 Å². The summed E-state index contributed by atoms with van der Waals surface area (Å²) in [6.45, 7) is 0.697. The van der Waals surface area contributed by atoms with E-state index in [9.17, 15) is 4.79 Å². The van der Waals surface area contributed by atoms with Gasteiger partial charge in [0.25, 0.3) is 0 Å². The third-order valence-corrected chi connectivity index (χ3v) is 7.05. The second-order valence-electron chi connectivity index (χ2n) is 9.17. The lowest BCUT2D eigenvalue weighted by Gasteiger charge is -2.36. The number of fused-ring (bicyclic) bond motifs is 1. The molecule has 6 rings (SSSR count). The van der Waals surface area contributed by atoms with E-state index in [-0.39, 0.29) is 17.6 Å². The number of aromatic nitrogens is 3. The van der Waals surface area contributed by atoms with Crippen LogP contribution in [-0.4, -0.2) is 32.6 Å². The fourth-order valence-corrected chi connectivity index (χ4v) is 5.25. The van der Waals surface area contributed by atoms with Crippen LogP contribution in [0, 0.1) is 0 Å². The maximum atomic E-state index is 11.7. The molecule has 4 N–H and O–H groups in total. The maximum Gasteiger partial charge on any atom is 0.315 e. The SMILES string of the molecule is Nc1ncnc2c1c(-c1ccc(Oc3ccccc3)cc1)cn2[C@H]1CC[C@@]2(CC1)CNC(=O)N2. The Bertz CT molecular complexity index is 1340. The minimum absolute atomic E-state index is 0.0626. The number of nitrogens with one attached hydrogen (secondary N) is 2. The zero-order chi connectivity index (χ0) is 23.1. The third kappa shape index (κ3) is 3.61. The number of hydrogen-bond acceptors (Lipinski definition) is 5. The summed E-state index contributed by atoms with van der Waals surface area (Å²) in [6, 6.07) is 18.0. The van der Waals surface area contributed by atoms with Crippen LogP contribution in [0.5, 0.6) is 11.5 Å². The summed E-state index contributed by atoms with van der Waals surface area (Å²) < 4.78 is 8.19. The van der Waals surface area contributed by atoms with Gasteiger partial charge in [-0.05, 0) is 55.5 Å². The van der Waals surface area contributed by atoms with Gasteiger partial charge in [0, 0.05) is 24.3 Å². The molecule has 0 unspecified atom stereocenters. The molecule has 0 atom stereocenters. The molecule has 2 amide bonds. The number of rotatable bonds is 4. The minimum atomic E-state index is -0.123. The molecule has 2 aromatic carbocycles. The van der Waals surface area contributed by atoms with Gasteiger partial charge >= 0.3 is 6.03 Å². The van der Waals surface area contributed by atoms with Gasteiger partial charge < -0.3 is 25.7 Å². The first-order chi connectivity index (χ1) is 16.6. The number of anilines is 1. The van der Waals surface area contributed by atoms with Gasteiger partial charge in [-0.2, -0.15) is 0 Å². The van der Waals surface area contributed by atoms with Crippen LogP contribution in [0.15, 0.2) is 67.1 Å². The van der Waals surface area contributed by atoms with Crippen LogP contribution in [0.2, 0.25) is 0 Å². The molecule has 4 aromatic rings. The molecule has 3 heterocycles. The number of para-hydroxylation sites is 1. The summed E-state index contributed by atoms with van der Waals surface area (Å²) in [5.41, 5.74) is 9.10. The van der Waals surface area contributed by atoms with Gasteiger partial charge in [0.1, 0.15) is 29.3 Å². The van der Waals surface area contributed by atoms with Crippen molar-refractivity contribution in [1.82, 2.24) is 25.2 Å². The van der Waals surface area contributed by atoms with Gasteiger partial charge in [-0.3, -0.25) is 0 Å². The Kier molecular flexibility index (Phi) is 4.86. The molecular weight excluding hydrogens is 428 g/mol. The van der Waals surface area contributed by atoms with Gasteiger partial charge in [0.15, 0.2) is 0 Å². The molecule has 2 aliphatic rings. The highest BCUT2D eigenvalue weighted by Gasteiger charge is 2.41. The van der Waals surface area contributed by atoms with E-state index in [1.165, 1.54) is 6.33 Å². The maximum absolute atomic E-state index is 11.7. The molecule has 1 aliphatic carbocycles. The molecule has 1 spiro atoms. The van der Waals surface area contributed by atoms with E-state index in [0.717, 1.165) is 59.3 Å². The lowest BCUT2D eigenvalue weighted by molar-refractivity contribution is 0.217. The Morgan fingerprint density at radius 3 is 2.44 bits per heavy atom. The predicted octanol–water partition coefficient (Wildman–Crippen LogP) is 4.64. The van der Waals surface area contributed by atoms with E-state index < -0.39 is 0 Å². The highest BCUT2D eigenvalue weighted by Crippen LogP contribution is 2.41. The van der Waals surface area contributed by atoms with Crippen LogP contribution in [0.1, 0.15) is 31.7 Å². The molecular formula is C26H26N6O2. The minimum Gasteiger partial charge on any atom is -0.457 e. The van der Waals surface area contributed by atoms with E-state index in [2.05, 4.69) is 31.4 Å². The van der Waals surface area contributed by atoms with E-state index >= 15 is 0 Å². The largest absolute Gasteiger partial charge is 0.457 e. The molecule has 1 saturated heterocycles.